The second kappa shape index (κ2) is 8.68. The fourth-order valence-electron chi connectivity index (χ4n) is 2.52. The van der Waals surface area contributed by atoms with Crippen molar-refractivity contribution in [1.29, 1.82) is 0 Å². The van der Waals surface area contributed by atoms with Gasteiger partial charge in [-0.3, -0.25) is 0 Å². The van der Waals surface area contributed by atoms with Gasteiger partial charge in [-0.25, -0.2) is 8.42 Å². The number of nitrogens with two attached hydrogens (primary N) is 1. The predicted molar refractivity (Wildman–Crippen MR) is 105 cm³/mol. The van der Waals surface area contributed by atoms with Crippen LogP contribution in [0.1, 0.15) is 11.1 Å². The molecule has 0 spiro atoms. The maximum Gasteiger partial charge on any atom is 0.175 e. The van der Waals surface area contributed by atoms with E-state index in [0.29, 0.717) is 39.8 Å². The quantitative estimate of drug-likeness (QED) is 0.689. The van der Waals surface area contributed by atoms with Gasteiger partial charge in [-0.1, -0.05) is 6.07 Å². The molecule has 2 rings (SSSR count). The van der Waals surface area contributed by atoms with Crippen molar-refractivity contribution in [2.24, 2.45) is 0 Å². The highest BCUT2D eigenvalue weighted by atomic mass is 32.2. The summed E-state index contributed by atoms with van der Waals surface area (Å²) in [7, 11) is 2.44. The molecule has 0 aliphatic heterocycles. The third kappa shape index (κ3) is 5.07. The summed E-state index contributed by atoms with van der Waals surface area (Å²) in [6, 6.07) is 8.19. The number of nitrogen functional groups attached to an aromatic ring is 1. The molecule has 0 radical (unpaired) electrons. The highest BCUT2D eigenvalue weighted by molar-refractivity contribution is 7.93. The molecule has 0 atom stereocenters. The monoisotopic (exact) mass is 393 g/mol. The number of methoxy groups -OCH3 is 4. The fraction of sp³-hybridized carbons (Fsp3) is 0.263. The molecule has 0 aliphatic carbocycles. The van der Waals surface area contributed by atoms with Gasteiger partial charge in [0, 0.05) is 17.5 Å². The molecule has 2 aromatic rings. The number of rotatable bonds is 8. The summed E-state index contributed by atoms with van der Waals surface area (Å²) in [5.41, 5.74) is 7.28. The SMILES string of the molecule is COc1cc(OC)c(/C=C\S(=O)(=O)Cc2ccc(OC)c(N)c2)c(OC)c1. The molecule has 0 aliphatic rings. The van der Waals surface area contributed by atoms with Gasteiger partial charge < -0.3 is 24.7 Å². The number of sulfone groups is 1. The van der Waals surface area contributed by atoms with Crippen molar-refractivity contribution in [3.8, 4) is 23.0 Å². The lowest BCUT2D eigenvalue weighted by Crippen LogP contribution is -2.02. The standard InChI is InChI=1S/C19H23NO6S/c1-23-14-10-18(25-3)15(19(11-14)26-4)7-8-27(21,22)12-13-5-6-17(24-2)16(20)9-13/h5-11H,12,20H2,1-4H3/b8-7-. The van der Waals surface area contributed by atoms with Crippen LogP contribution in [0.15, 0.2) is 35.7 Å². The minimum absolute atomic E-state index is 0.196. The Morgan fingerprint density at radius 1 is 0.889 bits per heavy atom. The summed E-state index contributed by atoms with van der Waals surface area (Å²) in [6.45, 7) is 0. The van der Waals surface area contributed by atoms with E-state index in [-0.39, 0.29) is 5.75 Å². The highest BCUT2D eigenvalue weighted by Gasteiger charge is 2.14. The van der Waals surface area contributed by atoms with Crippen LogP contribution in [0, 0.1) is 0 Å². The number of ether oxygens (including phenoxy) is 4. The van der Waals surface area contributed by atoms with E-state index in [9.17, 15) is 8.42 Å². The molecule has 0 fully saturated rings. The minimum Gasteiger partial charge on any atom is -0.496 e. The molecule has 2 aromatic carbocycles. The van der Waals surface area contributed by atoms with Crippen LogP contribution >= 0.6 is 0 Å². The fourth-order valence-corrected chi connectivity index (χ4v) is 3.61. The lowest BCUT2D eigenvalue weighted by atomic mass is 10.1. The van der Waals surface area contributed by atoms with Crippen LogP contribution < -0.4 is 24.7 Å². The molecular weight excluding hydrogens is 370 g/mol. The zero-order chi connectivity index (χ0) is 20.0. The van der Waals surface area contributed by atoms with Crippen LogP contribution in [0.3, 0.4) is 0 Å². The maximum absolute atomic E-state index is 12.5. The maximum atomic E-state index is 12.5. The van der Waals surface area contributed by atoms with Crippen LogP contribution in [-0.4, -0.2) is 36.9 Å². The summed E-state index contributed by atoms with van der Waals surface area (Å²) in [4.78, 5) is 0. The van der Waals surface area contributed by atoms with Crippen molar-refractivity contribution in [1.82, 2.24) is 0 Å². The van der Waals surface area contributed by atoms with Crippen molar-refractivity contribution in [2.75, 3.05) is 34.2 Å². The first-order valence-corrected chi connectivity index (χ1v) is 9.68. The molecule has 27 heavy (non-hydrogen) atoms. The highest BCUT2D eigenvalue weighted by Crippen LogP contribution is 2.35. The van der Waals surface area contributed by atoms with Gasteiger partial charge in [0.25, 0.3) is 0 Å². The number of hydrogen-bond acceptors (Lipinski definition) is 7. The Hall–Kier alpha value is -2.87. The normalized spacial score (nSPS) is 11.4. The van der Waals surface area contributed by atoms with E-state index >= 15 is 0 Å². The van der Waals surface area contributed by atoms with Gasteiger partial charge in [-0.15, -0.1) is 0 Å². The van der Waals surface area contributed by atoms with Gasteiger partial charge in [-0.05, 0) is 23.8 Å². The first kappa shape index (κ1) is 20.4. The second-order valence-electron chi connectivity index (χ2n) is 5.63. The molecule has 0 bridgehead atoms. The average molecular weight is 393 g/mol. The zero-order valence-electron chi connectivity index (χ0n) is 15.7. The topological polar surface area (TPSA) is 97.1 Å². The van der Waals surface area contributed by atoms with Crippen molar-refractivity contribution in [3.63, 3.8) is 0 Å². The van der Waals surface area contributed by atoms with Crippen molar-refractivity contribution in [3.05, 3.63) is 46.9 Å². The lowest BCUT2D eigenvalue weighted by molar-refractivity contribution is 0.374. The molecule has 2 N–H and O–H groups in total. The molecule has 146 valence electrons. The molecule has 0 heterocycles. The van der Waals surface area contributed by atoms with Gasteiger partial charge in [0.2, 0.25) is 0 Å². The van der Waals surface area contributed by atoms with Crippen molar-refractivity contribution >= 4 is 21.6 Å². The third-order valence-electron chi connectivity index (χ3n) is 3.86. The second-order valence-corrected chi connectivity index (χ2v) is 7.52. The third-order valence-corrected chi connectivity index (χ3v) is 5.14. The summed E-state index contributed by atoms with van der Waals surface area (Å²) in [5, 5.41) is 1.13. The van der Waals surface area contributed by atoms with Crippen LogP contribution in [0.2, 0.25) is 0 Å². The molecule has 0 saturated carbocycles. The van der Waals surface area contributed by atoms with Gasteiger partial charge >= 0.3 is 0 Å². The Morgan fingerprint density at radius 3 is 1.96 bits per heavy atom. The van der Waals surface area contributed by atoms with Crippen LogP contribution in [0.4, 0.5) is 5.69 Å². The van der Waals surface area contributed by atoms with E-state index in [1.54, 1.807) is 30.3 Å². The molecular formula is C19H23NO6S. The molecule has 8 heteroatoms. The molecule has 0 aromatic heterocycles. The van der Waals surface area contributed by atoms with E-state index in [4.69, 9.17) is 24.7 Å². The van der Waals surface area contributed by atoms with Crippen LogP contribution in [0.25, 0.3) is 6.08 Å². The number of benzene rings is 2. The summed E-state index contributed by atoms with van der Waals surface area (Å²) in [6.07, 6.45) is 1.44. The Labute approximate surface area is 159 Å². The zero-order valence-corrected chi connectivity index (χ0v) is 16.5. The van der Waals surface area contributed by atoms with E-state index < -0.39 is 9.84 Å². The number of hydrogen-bond donors (Lipinski definition) is 1. The van der Waals surface area contributed by atoms with Crippen LogP contribution in [0.5, 0.6) is 23.0 Å². The Morgan fingerprint density at radius 2 is 1.48 bits per heavy atom. The van der Waals surface area contributed by atoms with E-state index in [2.05, 4.69) is 0 Å². The largest absolute Gasteiger partial charge is 0.496 e. The van der Waals surface area contributed by atoms with Crippen molar-refractivity contribution < 1.29 is 27.4 Å². The van der Waals surface area contributed by atoms with Crippen LogP contribution in [-0.2, 0) is 15.6 Å². The smallest absolute Gasteiger partial charge is 0.175 e. The van der Waals surface area contributed by atoms with Gasteiger partial charge in [-0.2, -0.15) is 0 Å². The Kier molecular flexibility index (Phi) is 6.57. The van der Waals surface area contributed by atoms with Gasteiger partial charge in [0.15, 0.2) is 9.84 Å². The Bertz CT molecular complexity index is 912. The first-order valence-electron chi connectivity index (χ1n) is 7.96. The molecule has 0 amide bonds. The molecule has 7 nitrogen and oxygen atoms in total. The summed E-state index contributed by atoms with van der Waals surface area (Å²) >= 11 is 0. The summed E-state index contributed by atoms with van der Waals surface area (Å²) in [5.74, 6) is 1.72. The van der Waals surface area contributed by atoms with E-state index in [1.807, 2.05) is 0 Å². The van der Waals surface area contributed by atoms with E-state index in [1.165, 1.54) is 34.5 Å². The summed E-state index contributed by atoms with van der Waals surface area (Å²) < 4.78 is 45.9. The first-order chi connectivity index (χ1) is 12.8. The van der Waals surface area contributed by atoms with Gasteiger partial charge in [0.1, 0.15) is 23.0 Å². The molecule has 0 unspecified atom stereocenters. The average Bonchev–Trinajstić information content (AvgIpc) is 2.65. The lowest BCUT2D eigenvalue weighted by Gasteiger charge is -2.12. The molecule has 0 saturated heterocycles. The van der Waals surface area contributed by atoms with Gasteiger partial charge in [0.05, 0.1) is 45.4 Å². The van der Waals surface area contributed by atoms with E-state index in [0.717, 1.165) is 5.41 Å². The Balaban J connectivity index is 2.32. The van der Waals surface area contributed by atoms with Crippen molar-refractivity contribution in [2.45, 2.75) is 5.75 Å². The minimum atomic E-state index is -3.55. The number of anilines is 1. The predicted octanol–water partition coefficient (Wildman–Crippen LogP) is 2.89.